The summed E-state index contributed by atoms with van der Waals surface area (Å²) in [4.78, 5) is 38.2. The highest BCUT2D eigenvalue weighted by Gasteiger charge is 2.40. The van der Waals surface area contributed by atoms with Crippen LogP contribution in [0.15, 0.2) is 66.7 Å². The molecule has 1 aliphatic rings. The van der Waals surface area contributed by atoms with Gasteiger partial charge in [0.2, 0.25) is 11.8 Å². The molecule has 0 aliphatic carbocycles. The van der Waals surface area contributed by atoms with E-state index in [4.69, 9.17) is 0 Å². The number of hydrogen-bond acceptors (Lipinski definition) is 4. The van der Waals surface area contributed by atoms with Crippen molar-refractivity contribution in [2.45, 2.75) is 31.3 Å². The largest absolute Gasteiger partial charge is 0.354 e. The lowest BCUT2D eigenvalue weighted by molar-refractivity contribution is -0.128. The van der Waals surface area contributed by atoms with Crippen LogP contribution in [0, 0.1) is 5.82 Å². The van der Waals surface area contributed by atoms with Crippen molar-refractivity contribution in [3.05, 3.63) is 83.7 Å². The Morgan fingerprint density at radius 3 is 2.32 bits per heavy atom. The molecule has 37 heavy (non-hydrogen) atoms. The monoisotopic (exact) mass is 505 g/mol. The molecular formula is C28H32FN5O3. The van der Waals surface area contributed by atoms with Gasteiger partial charge in [-0.1, -0.05) is 54.6 Å². The quantitative estimate of drug-likeness (QED) is 0.288. The first-order valence-electron chi connectivity index (χ1n) is 12.5. The topological polar surface area (TPSA) is 111 Å². The number of carbonyl (C=O) groups is 3. The van der Waals surface area contributed by atoms with Crippen LogP contribution in [0.25, 0.3) is 10.8 Å². The summed E-state index contributed by atoms with van der Waals surface area (Å²) in [5, 5.41) is 16.6. The highest BCUT2D eigenvalue weighted by Crippen LogP contribution is 2.20. The lowest BCUT2D eigenvalue weighted by Gasteiger charge is -2.37. The summed E-state index contributed by atoms with van der Waals surface area (Å²) >= 11 is 0. The van der Waals surface area contributed by atoms with E-state index >= 15 is 0 Å². The number of piperidine rings is 1. The maximum atomic E-state index is 13.1. The summed E-state index contributed by atoms with van der Waals surface area (Å²) in [5.74, 6) is -0.752. The molecule has 8 nitrogen and oxygen atoms in total. The van der Waals surface area contributed by atoms with E-state index in [1.807, 2.05) is 42.5 Å². The molecule has 3 aromatic rings. The molecule has 0 unspecified atom stereocenters. The highest BCUT2D eigenvalue weighted by atomic mass is 19.1. The molecule has 1 fully saturated rings. The Morgan fingerprint density at radius 1 is 0.838 bits per heavy atom. The normalized spacial score (nSPS) is 14.5. The molecular weight excluding hydrogens is 473 g/mol. The summed E-state index contributed by atoms with van der Waals surface area (Å²) in [6, 6.07) is 19.2. The smallest absolute Gasteiger partial charge is 0.315 e. The highest BCUT2D eigenvalue weighted by molar-refractivity contribution is 5.92. The van der Waals surface area contributed by atoms with E-state index in [9.17, 15) is 18.8 Å². The van der Waals surface area contributed by atoms with E-state index < -0.39 is 11.6 Å². The average Bonchev–Trinajstić information content (AvgIpc) is 2.91. The van der Waals surface area contributed by atoms with E-state index in [1.165, 1.54) is 12.1 Å². The minimum absolute atomic E-state index is 0.125. The second-order valence-electron chi connectivity index (χ2n) is 9.19. The van der Waals surface area contributed by atoms with Crippen molar-refractivity contribution in [1.29, 1.82) is 0 Å². The van der Waals surface area contributed by atoms with Gasteiger partial charge in [-0.2, -0.15) is 0 Å². The van der Waals surface area contributed by atoms with E-state index in [1.54, 1.807) is 12.1 Å². The SMILES string of the molecule is O=C(Cc1cccc2ccccc12)NCCNC(=O)C1(NC(=O)NCc2ccc(F)cc2)CCNCC1. The van der Waals surface area contributed by atoms with Gasteiger partial charge in [0.15, 0.2) is 0 Å². The lowest BCUT2D eigenvalue weighted by Crippen LogP contribution is -2.64. The molecule has 1 heterocycles. The number of nitrogens with one attached hydrogen (secondary N) is 5. The van der Waals surface area contributed by atoms with Crippen molar-refractivity contribution in [2.24, 2.45) is 0 Å². The average molecular weight is 506 g/mol. The first-order valence-corrected chi connectivity index (χ1v) is 12.5. The van der Waals surface area contributed by atoms with Crippen LogP contribution in [0.3, 0.4) is 0 Å². The molecule has 4 amide bonds. The molecule has 1 aliphatic heterocycles. The molecule has 0 saturated carbocycles. The molecule has 0 radical (unpaired) electrons. The number of fused-ring (bicyclic) bond motifs is 1. The molecule has 194 valence electrons. The molecule has 9 heteroatoms. The van der Waals surface area contributed by atoms with Gasteiger partial charge < -0.3 is 26.6 Å². The predicted octanol–water partition coefficient (Wildman–Crippen LogP) is 2.38. The van der Waals surface area contributed by atoms with Crippen LogP contribution in [-0.4, -0.2) is 49.6 Å². The molecule has 0 spiro atoms. The second-order valence-corrected chi connectivity index (χ2v) is 9.19. The first kappa shape index (κ1) is 26.1. The van der Waals surface area contributed by atoms with Crippen molar-refractivity contribution in [1.82, 2.24) is 26.6 Å². The van der Waals surface area contributed by atoms with Crippen molar-refractivity contribution in [3.8, 4) is 0 Å². The Balaban J connectivity index is 1.25. The second kappa shape index (κ2) is 12.3. The van der Waals surface area contributed by atoms with Crippen LogP contribution in [0.2, 0.25) is 0 Å². The molecule has 5 N–H and O–H groups in total. The van der Waals surface area contributed by atoms with E-state index in [-0.39, 0.29) is 43.7 Å². The third-order valence-electron chi connectivity index (χ3n) is 6.57. The standard InChI is InChI=1S/C28H32FN5O3/c29-23-10-8-20(9-11-23)19-33-27(37)34-28(12-14-30-15-13-28)26(36)32-17-16-31-25(35)18-22-6-3-5-21-4-1-2-7-24(21)22/h1-11,30H,12-19H2,(H,31,35)(H,32,36)(H2,33,34,37). The third-order valence-corrected chi connectivity index (χ3v) is 6.57. The molecule has 0 bridgehead atoms. The van der Waals surface area contributed by atoms with Gasteiger partial charge in [0.05, 0.1) is 6.42 Å². The molecule has 1 saturated heterocycles. The van der Waals surface area contributed by atoms with Crippen LogP contribution in [0.4, 0.5) is 9.18 Å². The lowest BCUT2D eigenvalue weighted by atomic mass is 9.87. The minimum atomic E-state index is -1.05. The Morgan fingerprint density at radius 2 is 1.54 bits per heavy atom. The molecule has 4 rings (SSSR count). The fourth-order valence-corrected chi connectivity index (χ4v) is 4.54. The summed E-state index contributed by atoms with van der Waals surface area (Å²) in [7, 11) is 0. The van der Waals surface area contributed by atoms with Crippen LogP contribution in [-0.2, 0) is 22.6 Å². The van der Waals surface area contributed by atoms with Gasteiger partial charge in [0.1, 0.15) is 11.4 Å². The maximum absolute atomic E-state index is 13.1. The number of rotatable bonds is 9. The van der Waals surface area contributed by atoms with Gasteiger partial charge >= 0.3 is 6.03 Å². The predicted molar refractivity (Wildman–Crippen MR) is 140 cm³/mol. The summed E-state index contributed by atoms with van der Waals surface area (Å²) in [6.45, 7) is 1.92. The van der Waals surface area contributed by atoms with E-state index in [0.29, 0.717) is 25.9 Å². The Labute approximate surface area is 215 Å². The summed E-state index contributed by atoms with van der Waals surface area (Å²) < 4.78 is 13.1. The number of halogens is 1. The number of hydrogen-bond donors (Lipinski definition) is 5. The zero-order chi connectivity index (χ0) is 26.1. The summed E-state index contributed by atoms with van der Waals surface area (Å²) in [5.41, 5.74) is 0.647. The third kappa shape index (κ3) is 7.04. The summed E-state index contributed by atoms with van der Waals surface area (Å²) in [6.07, 6.45) is 1.13. The van der Waals surface area contributed by atoms with Crippen molar-refractivity contribution >= 4 is 28.6 Å². The van der Waals surface area contributed by atoms with Crippen LogP contribution < -0.4 is 26.6 Å². The Hall–Kier alpha value is -3.98. The van der Waals surface area contributed by atoms with Gasteiger partial charge in [-0.05, 0) is 60.0 Å². The fraction of sp³-hybridized carbons (Fsp3) is 0.321. The van der Waals surface area contributed by atoms with E-state index in [0.717, 1.165) is 21.9 Å². The fourth-order valence-electron chi connectivity index (χ4n) is 4.54. The number of urea groups is 1. The van der Waals surface area contributed by atoms with Gasteiger partial charge in [-0.15, -0.1) is 0 Å². The van der Waals surface area contributed by atoms with Crippen LogP contribution >= 0.6 is 0 Å². The minimum Gasteiger partial charge on any atom is -0.354 e. The molecule has 0 aromatic heterocycles. The number of benzene rings is 3. The zero-order valence-electron chi connectivity index (χ0n) is 20.6. The molecule has 0 atom stereocenters. The maximum Gasteiger partial charge on any atom is 0.315 e. The van der Waals surface area contributed by atoms with Crippen LogP contribution in [0.1, 0.15) is 24.0 Å². The van der Waals surface area contributed by atoms with Gasteiger partial charge in [0, 0.05) is 19.6 Å². The van der Waals surface area contributed by atoms with Crippen molar-refractivity contribution < 1.29 is 18.8 Å². The zero-order valence-corrected chi connectivity index (χ0v) is 20.6. The first-order chi connectivity index (χ1) is 17.9. The van der Waals surface area contributed by atoms with Crippen molar-refractivity contribution in [2.75, 3.05) is 26.2 Å². The van der Waals surface area contributed by atoms with E-state index in [2.05, 4.69) is 26.6 Å². The number of amides is 4. The van der Waals surface area contributed by atoms with Crippen molar-refractivity contribution in [3.63, 3.8) is 0 Å². The Bertz CT molecular complexity index is 1240. The van der Waals surface area contributed by atoms with Gasteiger partial charge in [-0.25, -0.2) is 9.18 Å². The van der Waals surface area contributed by atoms with Gasteiger partial charge in [0.25, 0.3) is 0 Å². The van der Waals surface area contributed by atoms with Gasteiger partial charge in [-0.3, -0.25) is 9.59 Å². The Kier molecular flexibility index (Phi) is 8.68. The number of carbonyl (C=O) groups excluding carboxylic acids is 3. The molecule has 3 aromatic carbocycles. The van der Waals surface area contributed by atoms with Crippen LogP contribution in [0.5, 0.6) is 0 Å².